The molecule has 0 aromatic heterocycles. The Morgan fingerprint density at radius 1 is 1.14 bits per heavy atom. The highest BCUT2D eigenvalue weighted by Gasteiger charge is 2.24. The largest absolute Gasteiger partial charge is 0.402 e. The Balaban J connectivity index is 1.98. The van der Waals surface area contributed by atoms with E-state index in [1.807, 2.05) is 24.3 Å². The van der Waals surface area contributed by atoms with Crippen molar-refractivity contribution in [2.45, 2.75) is 0 Å². The van der Waals surface area contributed by atoms with Gasteiger partial charge in [-0.2, -0.15) is 0 Å². The number of hydrogen-bond acceptors (Lipinski definition) is 3. The Morgan fingerprint density at radius 3 is 2.71 bits per heavy atom. The Labute approximate surface area is 140 Å². The second kappa shape index (κ2) is 5.99. The number of aliphatic imine (C=N–C) groups is 1. The lowest BCUT2D eigenvalue weighted by Gasteiger charge is -1.99. The van der Waals surface area contributed by atoms with Crippen LogP contribution in [0.3, 0.4) is 0 Å². The number of halogens is 2. The summed E-state index contributed by atoms with van der Waals surface area (Å²) >= 11 is 8.15. The molecule has 0 saturated heterocycles. The molecule has 3 rings (SSSR count). The molecule has 3 nitrogen and oxygen atoms in total. The second-order valence-corrected chi connectivity index (χ2v) is 5.97. The van der Waals surface area contributed by atoms with E-state index >= 15 is 0 Å². The maximum absolute atomic E-state index is 11.9. The van der Waals surface area contributed by atoms with Crippen LogP contribution in [0.15, 0.2) is 59.2 Å². The van der Waals surface area contributed by atoms with Crippen molar-refractivity contribution in [3.05, 3.63) is 73.9 Å². The molecule has 0 N–H and O–H groups in total. The van der Waals surface area contributed by atoms with Crippen molar-refractivity contribution in [1.82, 2.24) is 0 Å². The van der Waals surface area contributed by atoms with E-state index in [0.717, 1.165) is 9.13 Å². The number of carbonyl (C=O) groups is 1. The van der Waals surface area contributed by atoms with E-state index in [0.29, 0.717) is 10.6 Å². The highest BCUT2D eigenvalue weighted by Crippen LogP contribution is 2.22. The lowest BCUT2D eigenvalue weighted by atomic mass is 10.2. The van der Waals surface area contributed by atoms with E-state index in [1.165, 1.54) is 0 Å². The van der Waals surface area contributed by atoms with Crippen molar-refractivity contribution >= 4 is 52.1 Å². The molecule has 0 saturated carbocycles. The first-order valence-electron chi connectivity index (χ1n) is 6.16. The fourth-order valence-corrected chi connectivity index (χ4v) is 2.63. The predicted octanol–water partition coefficient (Wildman–Crippen LogP) is 4.29. The summed E-state index contributed by atoms with van der Waals surface area (Å²) in [5, 5.41) is 0.571. The van der Waals surface area contributed by atoms with Crippen molar-refractivity contribution in [1.29, 1.82) is 0 Å². The van der Waals surface area contributed by atoms with Gasteiger partial charge in [-0.3, -0.25) is 0 Å². The van der Waals surface area contributed by atoms with Gasteiger partial charge in [-0.05, 0) is 58.5 Å². The van der Waals surface area contributed by atoms with E-state index in [4.69, 9.17) is 16.3 Å². The van der Waals surface area contributed by atoms with Crippen molar-refractivity contribution in [2.24, 2.45) is 4.99 Å². The third-order valence-electron chi connectivity index (χ3n) is 2.89. The van der Waals surface area contributed by atoms with E-state index in [9.17, 15) is 4.79 Å². The molecule has 104 valence electrons. The summed E-state index contributed by atoms with van der Waals surface area (Å²) < 4.78 is 6.25. The summed E-state index contributed by atoms with van der Waals surface area (Å²) in [6.45, 7) is 0. The SMILES string of the molecule is O=C1OC(c2cccc(Cl)c2)=N/C1=C/c1ccccc1I. The normalized spacial score (nSPS) is 16.0. The first-order valence-corrected chi connectivity index (χ1v) is 7.62. The van der Waals surface area contributed by atoms with E-state index in [2.05, 4.69) is 27.6 Å². The lowest BCUT2D eigenvalue weighted by Crippen LogP contribution is -2.05. The van der Waals surface area contributed by atoms with Crippen LogP contribution in [0, 0.1) is 3.57 Å². The third kappa shape index (κ3) is 3.16. The van der Waals surface area contributed by atoms with E-state index in [1.54, 1.807) is 30.3 Å². The highest BCUT2D eigenvalue weighted by atomic mass is 127. The maximum Gasteiger partial charge on any atom is 0.363 e. The summed E-state index contributed by atoms with van der Waals surface area (Å²) in [5.74, 6) is -0.177. The zero-order valence-corrected chi connectivity index (χ0v) is 13.6. The molecule has 0 atom stereocenters. The molecule has 0 aliphatic carbocycles. The molecule has 1 aliphatic rings. The summed E-state index contributed by atoms with van der Waals surface area (Å²) in [5.41, 5.74) is 1.90. The molecule has 0 spiro atoms. The van der Waals surface area contributed by atoms with Gasteiger partial charge < -0.3 is 4.74 Å². The van der Waals surface area contributed by atoms with Crippen molar-refractivity contribution in [3.8, 4) is 0 Å². The van der Waals surface area contributed by atoms with Crippen LogP contribution in [0.2, 0.25) is 5.02 Å². The minimum atomic E-state index is -0.454. The molecule has 0 unspecified atom stereocenters. The Hall–Kier alpha value is -1.66. The van der Waals surface area contributed by atoms with E-state index < -0.39 is 5.97 Å². The number of ether oxygens (including phenoxy) is 1. The predicted molar refractivity (Wildman–Crippen MR) is 91.2 cm³/mol. The molecule has 1 heterocycles. The van der Waals surface area contributed by atoms with Crippen LogP contribution in [0.1, 0.15) is 11.1 Å². The monoisotopic (exact) mass is 409 g/mol. The van der Waals surface area contributed by atoms with Crippen LogP contribution in [-0.4, -0.2) is 11.9 Å². The number of nitrogens with zero attached hydrogens (tertiary/aromatic N) is 1. The number of rotatable bonds is 2. The van der Waals surface area contributed by atoms with Gasteiger partial charge in [0.25, 0.3) is 0 Å². The van der Waals surface area contributed by atoms with Crippen molar-refractivity contribution < 1.29 is 9.53 Å². The molecule has 0 fully saturated rings. The zero-order chi connectivity index (χ0) is 14.8. The standard InChI is InChI=1S/C16H9ClINO2/c17-12-6-3-5-11(8-12)15-19-14(16(20)21-15)9-10-4-1-2-7-13(10)18/h1-9H/b14-9+. The van der Waals surface area contributed by atoms with Gasteiger partial charge >= 0.3 is 5.97 Å². The number of carbonyl (C=O) groups excluding carboxylic acids is 1. The average molecular weight is 410 g/mol. The smallest absolute Gasteiger partial charge is 0.363 e. The average Bonchev–Trinajstić information content (AvgIpc) is 2.83. The second-order valence-electron chi connectivity index (χ2n) is 4.37. The van der Waals surface area contributed by atoms with Gasteiger partial charge in [0.05, 0.1) is 0 Å². The molecule has 0 amide bonds. The lowest BCUT2D eigenvalue weighted by molar-refractivity contribution is -0.129. The summed E-state index contributed by atoms with van der Waals surface area (Å²) in [4.78, 5) is 16.2. The van der Waals surface area contributed by atoms with Crippen LogP contribution in [0.25, 0.3) is 6.08 Å². The Kier molecular flexibility index (Phi) is 4.07. The van der Waals surface area contributed by atoms with Gasteiger partial charge in [0.15, 0.2) is 5.70 Å². The molecule has 2 aromatic rings. The highest BCUT2D eigenvalue weighted by molar-refractivity contribution is 14.1. The molecule has 0 bridgehead atoms. The van der Waals surface area contributed by atoms with E-state index in [-0.39, 0.29) is 11.6 Å². The summed E-state index contributed by atoms with van der Waals surface area (Å²) in [6, 6.07) is 14.8. The Bertz CT molecular complexity index is 783. The van der Waals surface area contributed by atoms with Gasteiger partial charge in [0, 0.05) is 14.2 Å². The molecular weight excluding hydrogens is 401 g/mol. The molecule has 2 aromatic carbocycles. The Morgan fingerprint density at radius 2 is 1.95 bits per heavy atom. The first-order chi connectivity index (χ1) is 10.1. The number of benzene rings is 2. The molecule has 21 heavy (non-hydrogen) atoms. The van der Waals surface area contributed by atoms with Gasteiger partial charge in [-0.1, -0.05) is 35.9 Å². The molecule has 5 heteroatoms. The fourth-order valence-electron chi connectivity index (χ4n) is 1.89. The van der Waals surface area contributed by atoms with Crippen LogP contribution >= 0.6 is 34.2 Å². The first kappa shape index (κ1) is 14.3. The number of hydrogen-bond donors (Lipinski definition) is 0. The van der Waals surface area contributed by atoms with Gasteiger partial charge in [-0.15, -0.1) is 0 Å². The van der Waals surface area contributed by atoms with Gasteiger partial charge in [0.1, 0.15) is 0 Å². The summed E-state index contributed by atoms with van der Waals surface area (Å²) in [6.07, 6.45) is 1.72. The maximum atomic E-state index is 11.9. The summed E-state index contributed by atoms with van der Waals surface area (Å²) in [7, 11) is 0. The van der Waals surface area contributed by atoms with Crippen LogP contribution in [0.5, 0.6) is 0 Å². The number of cyclic esters (lactones) is 1. The van der Waals surface area contributed by atoms with Crippen LogP contribution in [0.4, 0.5) is 0 Å². The molecule has 0 radical (unpaired) electrons. The van der Waals surface area contributed by atoms with Crippen molar-refractivity contribution in [2.75, 3.05) is 0 Å². The van der Waals surface area contributed by atoms with Crippen LogP contribution < -0.4 is 0 Å². The van der Waals surface area contributed by atoms with Crippen molar-refractivity contribution in [3.63, 3.8) is 0 Å². The van der Waals surface area contributed by atoms with Gasteiger partial charge in [-0.25, -0.2) is 9.79 Å². The third-order valence-corrected chi connectivity index (χ3v) is 4.11. The fraction of sp³-hybridized carbons (Fsp3) is 0. The molecular formula is C16H9ClINO2. The minimum Gasteiger partial charge on any atom is -0.402 e. The van der Waals surface area contributed by atoms with Gasteiger partial charge in [0.2, 0.25) is 5.90 Å². The quantitative estimate of drug-likeness (QED) is 0.422. The zero-order valence-electron chi connectivity index (χ0n) is 10.7. The minimum absolute atomic E-state index is 0.277. The van der Waals surface area contributed by atoms with Crippen LogP contribution in [-0.2, 0) is 9.53 Å². The molecule has 1 aliphatic heterocycles. The number of esters is 1. The topological polar surface area (TPSA) is 38.7 Å².